The van der Waals surface area contributed by atoms with Crippen molar-refractivity contribution < 1.29 is 9.53 Å². The molecule has 1 aliphatic carbocycles. The second-order valence-corrected chi connectivity index (χ2v) is 7.42. The lowest BCUT2D eigenvalue weighted by Crippen LogP contribution is -2.32. The maximum absolute atomic E-state index is 12.2. The van der Waals surface area contributed by atoms with Gasteiger partial charge in [0.2, 0.25) is 0 Å². The number of nitrogens with zero attached hydrogens (tertiary/aromatic N) is 1. The lowest BCUT2D eigenvalue weighted by molar-refractivity contribution is 0.195. The number of nitrogens with one attached hydrogen (secondary N) is 1. The molecule has 1 aromatic heterocycles. The number of carbonyl (C=O) groups excluding carboxylic acids is 1. The summed E-state index contributed by atoms with van der Waals surface area (Å²) < 4.78 is 5.54. The average molecular weight is 367 g/mol. The van der Waals surface area contributed by atoms with Gasteiger partial charge < -0.3 is 10.1 Å². The van der Waals surface area contributed by atoms with Gasteiger partial charge in [0, 0.05) is 12.7 Å². The number of carbonyl (C=O) groups is 1. The van der Waals surface area contributed by atoms with Crippen LogP contribution in [-0.2, 0) is 12.8 Å². The first-order chi connectivity index (χ1) is 13.3. The highest BCUT2D eigenvalue weighted by molar-refractivity contribution is 5.70. The van der Waals surface area contributed by atoms with Crippen LogP contribution in [0, 0.1) is 5.92 Å². The summed E-state index contributed by atoms with van der Waals surface area (Å²) in [6.07, 6.45) is 11.7. The highest BCUT2D eigenvalue weighted by Gasteiger charge is 2.15. The molecule has 1 N–H and O–H groups in total. The molecule has 1 fully saturated rings. The van der Waals surface area contributed by atoms with Gasteiger partial charge in [-0.3, -0.25) is 4.98 Å². The molecule has 4 heteroatoms. The third-order valence-corrected chi connectivity index (χ3v) is 5.28. The van der Waals surface area contributed by atoms with E-state index in [2.05, 4.69) is 34.6 Å². The van der Waals surface area contributed by atoms with E-state index < -0.39 is 0 Å². The number of aromatic nitrogens is 1. The fraction of sp³-hybridized carbons (Fsp3) is 0.478. The Labute approximate surface area is 162 Å². The molecule has 27 heavy (non-hydrogen) atoms. The molecule has 0 bridgehead atoms. The Morgan fingerprint density at radius 2 is 1.78 bits per heavy atom. The molecule has 0 atom stereocenters. The van der Waals surface area contributed by atoms with E-state index in [1.807, 2.05) is 18.2 Å². The maximum Gasteiger partial charge on any atom is 0.412 e. The minimum atomic E-state index is -0.362. The molecule has 0 radical (unpaired) electrons. The minimum absolute atomic E-state index is 0.362. The summed E-state index contributed by atoms with van der Waals surface area (Å²) in [5, 5.41) is 2.93. The number of hydrogen-bond donors (Lipinski definition) is 1. The number of rotatable bonds is 8. The number of benzene rings is 1. The van der Waals surface area contributed by atoms with Gasteiger partial charge in [0.1, 0.15) is 0 Å². The summed E-state index contributed by atoms with van der Waals surface area (Å²) in [7, 11) is 0. The van der Waals surface area contributed by atoms with Crippen LogP contribution in [0.3, 0.4) is 0 Å². The van der Waals surface area contributed by atoms with E-state index in [1.54, 1.807) is 6.20 Å². The number of aryl methyl sites for hydroxylation is 2. The van der Waals surface area contributed by atoms with Crippen molar-refractivity contribution in [3.8, 4) is 5.75 Å². The van der Waals surface area contributed by atoms with Crippen molar-refractivity contribution in [3.63, 3.8) is 0 Å². The van der Waals surface area contributed by atoms with E-state index in [9.17, 15) is 4.79 Å². The van der Waals surface area contributed by atoms with E-state index in [-0.39, 0.29) is 6.09 Å². The summed E-state index contributed by atoms with van der Waals surface area (Å²) in [5.41, 5.74) is 2.22. The summed E-state index contributed by atoms with van der Waals surface area (Å²) in [6, 6.07) is 14.2. The molecule has 1 saturated carbocycles. The summed E-state index contributed by atoms with van der Waals surface area (Å²) in [6.45, 7) is 0.714. The van der Waals surface area contributed by atoms with Crippen molar-refractivity contribution in [2.24, 2.45) is 5.92 Å². The van der Waals surface area contributed by atoms with E-state index in [0.717, 1.165) is 31.4 Å². The van der Waals surface area contributed by atoms with Crippen LogP contribution < -0.4 is 10.1 Å². The van der Waals surface area contributed by atoms with Gasteiger partial charge in [-0.05, 0) is 62.1 Å². The second-order valence-electron chi connectivity index (χ2n) is 7.42. The monoisotopic (exact) mass is 366 g/mol. The first-order valence-corrected chi connectivity index (χ1v) is 10.2. The number of pyridine rings is 1. The Hall–Kier alpha value is -2.36. The van der Waals surface area contributed by atoms with Crippen LogP contribution in [0.2, 0.25) is 0 Å². The van der Waals surface area contributed by atoms with Gasteiger partial charge in [-0.15, -0.1) is 0 Å². The van der Waals surface area contributed by atoms with E-state index in [1.165, 1.54) is 37.7 Å². The summed E-state index contributed by atoms with van der Waals surface area (Å²) in [5.74, 6) is 1.18. The molecule has 0 aliphatic heterocycles. The predicted molar refractivity (Wildman–Crippen MR) is 108 cm³/mol. The SMILES string of the molecule is O=C(NCC1CCCCC1)Oc1cccnc1CCCCc1ccccc1. The Bertz CT molecular complexity index is 697. The highest BCUT2D eigenvalue weighted by Crippen LogP contribution is 2.23. The molecular weight excluding hydrogens is 336 g/mol. The standard InChI is InChI=1S/C23H30N2O2/c26-23(25-18-20-13-5-2-6-14-20)27-22-16-9-17-24-21(22)15-8-7-12-19-10-3-1-4-11-19/h1,3-4,9-11,16-17,20H,2,5-8,12-15,18H2,(H,25,26). The van der Waals surface area contributed by atoms with Crippen molar-refractivity contribution in [2.75, 3.05) is 6.54 Å². The number of unbranched alkanes of at least 4 members (excludes halogenated alkanes) is 1. The topological polar surface area (TPSA) is 51.2 Å². The Morgan fingerprint density at radius 1 is 1.00 bits per heavy atom. The number of amides is 1. The van der Waals surface area contributed by atoms with E-state index >= 15 is 0 Å². The fourth-order valence-electron chi connectivity index (χ4n) is 3.73. The van der Waals surface area contributed by atoms with E-state index in [4.69, 9.17) is 4.74 Å². The largest absolute Gasteiger partial charge is 0.412 e. The van der Waals surface area contributed by atoms with Gasteiger partial charge in [-0.25, -0.2) is 4.79 Å². The van der Waals surface area contributed by atoms with Gasteiger partial charge in [0.25, 0.3) is 0 Å². The molecule has 1 aliphatic rings. The summed E-state index contributed by atoms with van der Waals surface area (Å²) in [4.78, 5) is 16.6. The fourth-order valence-corrected chi connectivity index (χ4v) is 3.73. The van der Waals surface area contributed by atoms with Crippen molar-refractivity contribution in [1.29, 1.82) is 0 Å². The van der Waals surface area contributed by atoms with Crippen molar-refractivity contribution in [1.82, 2.24) is 10.3 Å². The molecule has 0 unspecified atom stereocenters. The first-order valence-electron chi connectivity index (χ1n) is 10.2. The van der Waals surface area contributed by atoms with Crippen molar-refractivity contribution >= 4 is 6.09 Å². The Kier molecular flexibility index (Phi) is 7.69. The second kappa shape index (κ2) is 10.7. The van der Waals surface area contributed by atoms with Gasteiger partial charge in [-0.2, -0.15) is 0 Å². The van der Waals surface area contributed by atoms with Crippen molar-refractivity contribution in [3.05, 3.63) is 59.9 Å². The number of ether oxygens (including phenoxy) is 1. The van der Waals surface area contributed by atoms with Crippen LogP contribution in [0.1, 0.15) is 56.2 Å². The molecule has 2 aromatic rings. The lowest BCUT2D eigenvalue weighted by Gasteiger charge is -2.21. The molecule has 144 valence electrons. The normalized spacial score (nSPS) is 14.7. The first kappa shape index (κ1) is 19.4. The van der Waals surface area contributed by atoms with Crippen LogP contribution in [0.5, 0.6) is 5.75 Å². The zero-order valence-electron chi connectivity index (χ0n) is 16.0. The van der Waals surface area contributed by atoms with Crippen LogP contribution in [0.15, 0.2) is 48.7 Å². The van der Waals surface area contributed by atoms with Gasteiger partial charge in [0.15, 0.2) is 5.75 Å². The minimum Gasteiger partial charge on any atom is -0.408 e. The van der Waals surface area contributed by atoms with Crippen LogP contribution in [0.4, 0.5) is 4.79 Å². The smallest absolute Gasteiger partial charge is 0.408 e. The highest BCUT2D eigenvalue weighted by atomic mass is 16.6. The molecule has 0 saturated heterocycles. The van der Waals surface area contributed by atoms with E-state index in [0.29, 0.717) is 18.2 Å². The predicted octanol–water partition coefficient (Wildman–Crippen LogP) is 5.32. The molecule has 1 aromatic carbocycles. The van der Waals surface area contributed by atoms with Crippen LogP contribution in [-0.4, -0.2) is 17.6 Å². The van der Waals surface area contributed by atoms with Crippen LogP contribution >= 0.6 is 0 Å². The lowest BCUT2D eigenvalue weighted by atomic mass is 9.89. The Balaban J connectivity index is 1.43. The molecule has 3 rings (SSSR count). The zero-order valence-corrected chi connectivity index (χ0v) is 16.0. The third kappa shape index (κ3) is 6.70. The summed E-state index contributed by atoms with van der Waals surface area (Å²) >= 11 is 0. The molecule has 0 spiro atoms. The molecular formula is C23H30N2O2. The quantitative estimate of drug-likeness (QED) is 0.644. The molecule has 4 nitrogen and oxygen atoms in total. The molecule has 1 amide bonds. The van der Waals surface area contributed by atoms with Gasteiger partial charge in [-0.1, -0.05) is 49.6 Å². The van der Waals surface area contributed by atoms with Crippen molar-refractivity contribution in [2.45, 2.75) is 57.8 Å². The van der Waals surface area contributed by atoms with Crippen LogP contribution in [0.25, 0.3) is 0 Å². The number of hydrogen-bond acceptors (Lipinski definition) is 3. The van der Waals surface area contributed by atoms with Gasteiger partial charge >= 0.3 is 6.09 Å². The Morgan fingerprint density at radius 3 is 2.59 bits per heavy atom. The average Bonchev–Trinajstić information content (AvgIpc) is 2.72. The van der Waals surface area contributed by atoms with Gasteiger partial charge in [0.05, 0.1) is 5.69 Å². The zero-order chi connectivity index (χ0) is 18.7. The third-order valence-electron chi connectivity index (χ3n) is 5.28. The maximum atomic E-state index is 12.2. The molecule has 1 heterocycles.